The first kappa shape index (κ1) is 18.6. The second-order valence-corrected chi connectivity index (χ2v) is 6.07. The molecular formula is C21H23FN4O. The number of benzene rings is 2. The van der Waals surface area contributed by atoms with E-state index in [-0.39, 0.29) is 5.82 Å². The normalized spacial score (nSPS) is 10.5. The van der Waals surface area contributed by atoms with Crippen molar-refractivity contribution in [1.29, 1.82) is 0 Å². The number of nitrogens with one attached hydrogen (secondary N) is 2. The highest BCUT2D eigenvalue weighted by atomic mass is 19.1. The van der Waals surface area contributed by atoms with Crippen LogP contribution < -0.4 is 15.4 Å². The molecule has 1 heterocycles. The van der Waals surface area contributed by atoms with Gasteiger partial charge in [0.1, 0.15) is 17.4 Å². The first-order valence-corrected chi connectivity index (χ1v) is 8.97. The Hall–Kier alpha value is -3.15. The third-order valence-electron chi connectivity index (χ3n) is 3.93. The van der Waals surface area contributed by atoms with Gasteiger partial charge in [-0.05, 0) is 56.2 Å². The number of ether oxygens (including phenoxy) is 1. The minimum absolute atomic E-state index is 0.192. The smallest absolute Gasteiger partial charge is 0.224 e. The second-order valence-electron chi connectivity index (χ2n) is 6.07. The molecule has 6 heteroatoms. The van der Waals surface area contributed by atoms with Crippen molar-refractivity contribution in [3.05, 3.63) is 71.7 Å². The molecule has 0 aliphatic heterocycles. The summed E-state index contributed by atoms with van der Waals surface area (Å²) in [7, 11) is 0. The number of aromatic nitrogens is 2. The molecule has 140 valence electrons. The molecule has 3 rings (SSSR count). The van der Waals surface area contributed by atoms with Crippen molar-refractivity contribution in [2.45, 2.75) is 20.3 Å². The van der Waals surface area contributed by atoms with Gasteiger partial charge in [-0.2, -0.15) is 4.98 Å². The molecule has 0 aliphatic carbocycles. The zero-order chi connectivity index (χ0) is 19.1. The van der Waals surface area contributed by atoms with Crippen molar-refractivity contribution in [1.82, 2.24) is 9.97 Å². The standard InChI is InChI=1S/C21H23FN4O/c1-3-27-18-10-8-17(9-11-18)25-20-14-15(2)24-21(26-20)23-13-12-16-6-4-5-7-19(16)22/h4-11,14H,3,12-13H2,1-2H3,(H2,23,24,25,26). The minimum Gasteiger partial charge on any atom is -0.494 e. The van der Waals surface area contributed by atoms with Crippen LogP contribution in [0.5, 0.6) is 5.75 Å². The molecule has 3 aromatic rings. The van der Waals surface area contributed by atoms with Crippen LogP contribution in [0.2, 0.25) is 0 Å². The van der Waals surface area contributed by atoms with Gasteiger partial charge in [0.05, 0.1) is 6.61 Å². The number of nitrogens with zero attached hydrogens (tertiary/aromatic N) is 2. The summed E-state index contributed by atoms with van der Waals surface area (Å²) in [5.74, 6) is 1.85. The van der Waals surface area contributed by atoms with Crippen LogP contribution in [0.3, 0.4) is 0 Å². The summed E-state index contributed by atoms with van der Waals surface area (Å²) in [5.41, 5.74) is 2.42. The zero-order valence-electron chi connectivity index (χ0n) is 15.5. The Kier molecular flexibility index (Phi) is 6.20. The molecule has 1 aromatic heterocycles. The van der Waals surface area contributed by atoms with Crippen molar-refractivity contribution in [3.63, 3.8) is 0 Å². The Balaban J connectivity index is 1.62. The fourth-order valence-corrected chi connectivity index (χ4v) is 2.67. The molecule has 0 saturated heterocycles. The lowest BCUT2D eigenvalue weighted by atomic mass is 10.1. The van der Waals surface area contributed by atoms with Gasteiger partial charge in [0.15, 0.2) is 0 Å². The molecule has 0 saturated carbocycles. The Bertz CT molecular complexity index is 884. The van der Waals surface area contributed by atoms with E-state index in [1.54, 1.807) is 12.1 Å². The lowest BCUT2D eigenvalue weighted by molar-refractivity contribution is 0.340. The van der Waals surface area contributed by atoms with Crippen molar-refractivity contribution in [3.8, 4) is 5.75 Å². The van der Waals surface area contributed by atoms with Crippen LogP contribution >= 0.6 is 0 Å². The maximum atomic E-state index is 13.7. The monoisotopic (exact) mass is 366 g/mol. The zero-order valence-corrected chi connectivity index (χ0v) is 15.5. The van der Waals surface area contributed by atoms with Crippen LogP contribution in [-0.4, -0.2) is 23.1 Å². The molecule has 0 radical (unpaired) electrons. The molecule has 0 atom stereocenters. The van der Waals surface area contributed by atoms with Crippen LogP contribution in [0, 0.1) is 12.7 Å². The number of anilines is 3. The summed E-state index contributed by atoms with van der Waals surface area (Å²) in [6.07, 6.45) is 0.561. The Morgan fingerprint density at radius 3 is 2.56 bits per heavy atom. The third-order valence-corrected chi connectivity index (χ3v) is 3.93. The van der Waals surface area contributed by atoms with E-state index in [4.69, 9.17) is 4.74 Å². The predicted octanol–water partition coefficient (Wildman–Crippen LogP) is 4.72. The van der Waals surface area contributed by atoms with Gasteiger partial charge < -0.3 is 15.4 Å². The van der Waals surface area contributed by atoms with E-state index >= 15 is 0 Å². The Labute approximate surface area is 158 Å². The quantitative estimate of drug-likeness (QED) is 0.604. The van der Waals surface area contributed by atoms with Crippen LogP contribution in [0.4, 0.5) is 21.8 Å². The number of hydrogen-bond donors (Lipinski definition) is 2. The molecule has 0 fully saturated rings. The van der Waals surface area contributed by atoms with Gasteiger partial charge in [-0.1, -0.05) is 18.2 Å². The Morgan fingerprint density at radius 1 is 1.04 bits per heavy atom. The van der Waals surface area contributed by atoms with E-state index in [2.05, 4.69) is 20.6 Å². The average Bonchev–Trinajstić information content (AvgIpc) is 2.65. The topological polar surface area (TPSA) is 59.1 Å². The van der Waals surface area contributed by atoms with Crippen molar-refractivity contribution < 1.29 is 9.13 Å². The third kappa shape index (κ3) is 5.41. The highest BCUT2D eigenvalue weighted by Gasteiger charge is 2.05. The van der Waals surface area contributed by atoms with Crippen molar-refractivity contribution in [2.24, 2.45) is 0 Å². The van der Waals surface area contributed by atoms with Crippen molar-refractivity contribution >= 4 is 17.5 Å². The summed E-state index contributed by atoms with van der Waals surface area (Å²) in [5, 5.41) is 6.43. The molecule has 0 amide bonds. The van der Waals surface area contributed by atoms with E-state index in [9.17, 15) is 4.39 Å². The highest BCUT2D eigenvalue weighted by Crippen LogP contribution is 2.20. The van der Waals surface area contributed by atoms with Gasteiger partial charge in [-0.25, -0.2) is 9.37 Å². The first-order chi connectivity index (χ1) is 13.1. The lowest BCUT2D eigenvalue weighted by Crippen LogP contribution is -2.10. The molecule has 0 bridgehead atoms. The summed E-state index contributed by atoms with van der Waals surface area (Å²) in [4.78, 5) is 8.87. The van der Waals surface area contributed by atoms with E-state index in [1.807, 2.05) is 50.2 Å². The lowest BCUT2D eigenvalue weighted by Gasteiger charge is -2.11. The fourth-order valence-electron chi connectivity index (χ4n) is 2.67. The van der Waals surface area contributed by atoms with E-state index < -0.39 is 0 Å². The van der Waals surface area contributed by atoms with E-state index in [0.717, 1.165) is 17.1 Å². The van der Waals surface area contributed by atoms with Gasteiger partial charge in [0.25, 0.3) is 0 Å². The molecule has 0 aliphatic rings. The molecule has 5 nitrogen and oxygen atoms in total. The van der Waals surface area contributed by atoms with Gasteiger partial charge in [-0.15, -0.1) is 0 Å². The largest absolute Gasteiger partial charge is 0.494 e. The molecule has 27 heavy (non-hydrogen) atoms. The maximum absolute atomic E-state index is 13.7. The number of halogens is 1. The minimum atomic E-state index is -0.192. The van der Waals surface area contributed by atoms with Gasteiger partial charge in [0, 0.05) is 24.0 Å². The van der Waals surface area contributed by atoms with Crippen LogP contribution in [0.15, 0.2) is 54.6 Å². The summed E-state index contributed by atoms with van der Waals surface area (Å²) in [6.45, 7) is 5.05. The number of rotatable bonds is 8. The van der Waals surface area contributed by atoms with Crippen molar-refractivity contribution in [2.75, 3.05) is 23.8 Å². The first-order valence-electron chi connectivity index (χ1n) is 8.97. The van der Waals surface area contributed by atoms with Crippen LogP contribution in [0.1, 0.15) is 18.2 Å². The maximum Gasteiger partial charge on any atom is 0.224 e. The fraction of sp³-hybridized carbons (Fsp3) is 0.238. The summed E-state index contributed by atoms with van der Waals surface area (Å²) >= 11 is 0. The SMILES string of the molecule is CCOc1ccc(Nc2cc(C)nc(NCCc3ccccc3F)n2)cc1. The van der Waals surface area contributed by atoms with E-state index in [0.29, 0.717) is 36.9 Å². The van der Waals surface area contributed by atoms with Crippen LogP contribution in [0.25, 0.3) is 0 Å². The Morgan fingerprint density at radius 2 is 1.81 bits per heavy atom. The molecular weight excluding hydrogens is 343 g/mol. The van der Waals surface area contributed by atoms with Gasteiger partial charge in [-0.3, -0.25) is 0 Å². The summed E-state index contributed by atoms with van der Waals surface area (Å²) < 4.78 is 19.1. The van der Waals surface area contributed by atoms with Gasteiger partial charge >= 0.3 is 0 Å². The molecule has 0 unspecified atom stereocenters. The van der Waals surface area contributed by atoms with Gasteiger partial charge in [0.2, 0.25) is 5.95 Å². The average molecular weight is 366 g/mol. The highest BCUT2D eigenvalue weighted by molar-refractivity contribution is 5.58. The summed E-state index contributed by atoms with van der Waals surface area (Å²) in [6, 6.07) is 16.3. The van der Waals surface area contributed by atoms with E-state index in [1.165, 1.54) is 6.07 Å². The molecule has 0 spiro atoms. The second kappa shape index (κ2) is 8.98. The predicted molar refractivity (Wildman–Crippen MR) is 106 cm³/mol. The number of aryl methyl sites for hydroxylation is 1. The number of hydrogen-bond acceptors (Lipinski definition) is 5. The molecule has 2 aromatic carbocycles. The van der Waals surface area contributed by atoms with Crippen LogP contribution in [-0.2, 0) is 6.42 Å². The molecule has 2 N–H and O–H groups in total.